The van der Waals surface area contributed by atoms with E-state index in [1.165, 1.54) is 6.07 Å². The van der Waals surface area contributed by atoms with Gasteiger partial charge >= 0.3 is 0 Å². The maximum Gasteiger partial charge on any atom is 0.292 e. The van der Waals surface area contributed by atoms with Crippen LogP contribution in [0.3, 0.4) is 0 Å². The van der Waals surface area contributed by atoms with Gasteiger partial charge in [-0.05, 0) is 24.1 Å². The van der Waals surface area contributed by atoms with Crippen molar-refractivity contribution in [1.29, 1.82) is 0 Å². The summed E-state index contributed by atoms with van der Waals surface area (Å²) in [6, 6.07) is 14.9. The molecule has 1 saturated heterocycles. The molecule has 2 aromatic rings. The van der Waals surface area contributed by atoms with Crippen molar-refractivity contribution in [3.63, 3.8) is 0 Å². The fourth-order valence-corrected chi connectivity index (χ4v) is 3.64. The van der Waals surface area contributed by atoms with Gasteiger partial charge in [0.2, 0.25) is 5.91 Å². The number of nitro groups is 1. The Morgan fingerprint density at radius 2 is 1.66 bits per heavy atom. The van der Waals surface area contributed by atoms with Crippen molar-refractivity contribution in [2.24, 2.45) is 5.92 Å². The third kappa shape index (κ3) is 5.75. The lowest BCUT2D eigenvalue weighted by Crippen LogP contribution is -2.57. The standard InChI is InChI=1S/C23H28N4O5/c1-17(2)22(24-21(28)16-32-18-8-4-3-5-9-18)23(29)26-14-12-25(13-15-26)19-10-6-7-11-20(19)27(30)31/h3-11,17,22H,12-16H2,1-2H3,(H,24,28)/t22-/m0/s1. The number of carbonyl (C=O) groups excluding carboxylic acids is 2. The molecule has 1 N–H and O–H groups in total. The SMILES string of the molecule is CC(C)[C@H](NC(=O)COc1ccccc1)C(=O)N1CCN(c2ccccc2[N+](=O)[O-])CC1. The van der Waals surface area contributed by atoms with E-state index < -0.39 is 11.0 Å². The van der Waals surface area contributed by atoms with Crippen molar-refractivity contribution >= 4 is 23.2 Å². The Balaban J connectivity index is 1.57. The van der Waals surface area contributed by atoms with Gasteiger partial charge in [-0.2, -0.15) is 0 Å². The summed E-state index contributed by atoms with van der Waals surface area (Å²) in [5.41, 5.74) is 0.606. The van der Waals surface area contributed by atoms with Crippen molar-refractivity contribution in [2.75, 3.05) is 37.7 Å². The Morgan fingerprint density at radius 3 is 2.28 bits per heavy atom. The molecule has 3 rings (SSSR count). The summed E-state index contributed by atoms with van der Waals surface area (Å²) in [5, 5.41) is 14.1. The Morgan fingerprint density at radius 1 is 1.03 bits per heavy atom. The van der Waals surface area contributed by atoms with Crippen LogP contribution in [0.2, 0.25) is 0 Å². The van der Waals surface area contributed by atoms with E-state index in [1.807, 2.05) is 36.9 Å². The Kier molecular flexibility index (Phi) is 7.64. The average molecular weight is 441 g/mol. The van der Waals surface area contributed by atoms with Gasteiger partial charge in [0.15, 0.2) is 6.61 Å². The van der Waals surface area contributed by atoms with Gasteiger partial charge in [0.1, 0.15) is 17.5 Å². The maximum absolute atomic E-state index is 13.1. The zero-order chi connectivity index (χ0) is 23.1. The summed E-state index contributed by atoms with van der Waals surface area (Å²) in [7, 11) is 0. The minimum atomic E-state index is -0.667. The van der Waals surface area contributed by atoms with E-state index in [2.05, 4.69) is 5.32 Å². The summed E-state index contributed by atoms with van der Waals surface area (Å²) < 4.78 is 5.47. The molecule has 1 heterocycles. The van der Waals surface area contributed by atoms with Crippen LogP contribution < -0.4 is 15.0 Å². The largest absolute Gasteiger partial charge is 0.484 e. The number of nitrogens with zero attached hydrogens (tertiary/aromatic N) is 3. The third-order valence-corrected chi connectivity index (χ3v) is 5.37. The number of para-hydroxylation sites is 3. The summed E-state index contributed by atoms with van der Waals surface area (Å²) in [4.78, 5) is 40.0. The molecule has 0 spiro atoms. The van der Waals surface area contributed by atoms with Gasteiger partial charge in [-0.3, -0.25) is 19.7 Å². The predicted octanol–water partition coefficient (Wildman–Crippen LogP) is 2.46. The molecule has 170 valence electrons. The van der Waals surface area contributed by atoms with E-state index in [0.717, 1.165) is 0 Å². The second kappa shape index (κ2) is 10.6. The monoisotopic (exact) mass is 440 g/mol. The van der Waals surface area contributed by atoms with Crippen LogP contribution in [0.1, 0.15) is 13.8 Å². The summed E-state index contributed by atoms with van der Waals surface area (Å²) in [6.45, 7) is 5.38. The number of hydrogen-bond donors (Lipinski definition) is 1. The van der Waals surface area contributed by atoms with Crippen LogP contribution in [0.15, 0.2) is 54.6 Å². The zero-order valence-electron chi connectivity index (χ0n) is 18.3. The molecule has 32 heavy (non-hydrogen) atoms. The molecule has 2 aromatic carbocycles. The molecule has 0 radical (unpaired) electrons. The van der Waals surface area contributed by atoms with Crippen LogP contribution in [-0.2, 0) is 9.59 Å². The Labute approximate surface area is 187 Å². The summed E-state index contributed by atoms with van der Waals surface area (Å²) in [5.74, 6) is -0.0349. The first-order valence-electron chi connectivity index (χ1n) is 10.6. The molecule has 1 fully saturated rings. The van der Waals surface area contributed by atoms with Crippen LogP contribution in [0.5, 0.6) is 5.75 Å². The first kappa shape index (κ1) is 23.1. The van der Waals surface area contributed by atoms with E-state index in [0.29, 0.717) is 37.6 Å². The van der Waals surface area contributed by atoms with Crippen molar-refractivity contribution in [3.8, 4) is 5.75 Å². The van der Waals surface area contributed by atoms with E-state index >= 15 is 0 Å². The number of carbonyl (C=O) groups is 2. The lowest BCUT2D eigenvalue weighted by Gasteiger charge is -2.38. The van der Waals surface area contributed by atoms with Crippen molar-refractivity contribution in [1.82, 2.24) is 10.2 Å². The lowest BCUT2D eigenvalue weighted by molar-refractivity contribution is -0.384. The van der Waals surface area contributed by atoms with Crippen LogP contribution in [-0.4, -0.2) is 60.5 Å². The van der Waals surface area contributed by atoms with Crippen molar-refractivity contribution in [3.05, 3.63) is 64.7 Å². The molecule has 2 amide bonds. The highest BCUT2D eigenvalue weighted by Gasteiger charge is 2.32. The second-order valence-corrected chi connectivity index (χ2v) is 7.95. The number of nitrogens with one attached hydrogen (secondary N) is 1. The predicted molar refractivity (Wildman–Crippen MR) is 121 cm³/mol. The highest BCUT2D eigenvalue weighted by Crippen LogP contribution is 2.28. The van der Waals surface area contributed by atoms with Gasteiger partial charge in [-0.15, -0.1) is 0 Å². The van der Waals surface area contributed by atoms with E-state index in [9.17, 15) is 19.7 Å². The maximum atomic E-state index is 13.1. The average Bonchev–Trinajstić information content (AvgIpc) is 2.81. The van der Waals surface area contributed by atoms with Gasteiger partial charge in [-0.1, -0.05) is 44.2 Å². The highest BCUT2D eigenvalue weighted by molar-refractivity contribution is 5.88. The molecule has 0 bridgehead atoms. The fraction of sp³-hybridized carbons (Fsp3) is 0.391. The van der Waals surface area contributed by atoms with Gasteiger partial charge in [0.25, 0.3) is 11.6 Å². The molecular formula is C23H28N4O5. The number of anilines is 1. The molecule has 0 aromatic heterocycles. The van der Waals surface area contributed by atoms with Gasteiger partial charge in [0, 0.05) is 32.2 Å². The molecule has 1 aliphatic heterocycles. The lowest BCUT2D eigenvalue weighted by atomic mass is 10.0. The van der Waals surface area contributed by atoms with Gasteiger partial charge in [-0.25, -0.2) is 0 Å². The summed E-state index contributed by atoms with van der Waals surface area (Å²) in [6.07, 6.45) is 0. The molecule has 0 unspecified atom stereocenters. The number of rotatable bonds is 8. The van der Waals surface area contributed by atoms with Crippen LogP contribution >= 0.6 is 0 Å². The Bertz CT molecular complexity index is 942. The quantitative estimate of drug-likeness (QED) is 0.499. The van der Waals surface area contributed by atoms with Crippen LogP contribution in [0.25, 0.3) is 0 Å². The smallest absolute Gasteiger partial charge is 0.292 e. The minimum Gasteiger partial charge on any atom is -0.484 e. The van der Waals surface area contributed by atoms with Crippen molar-refractivity contribution in [2.45, 2.75) is 19.9 Å². The molecule has 1 atom stereocenters. The van der Waals surface area contributed by atoms with E-state index in [4.69, 9.17) is 4.74 Å². The number of nitro benzene ring substituents is 1. The molecule has 0 saturated carbocycles. The van der Waals surface area contributed by atoms with Crippen LogP contribution in [0, 0.1) is 16.0 Å². The minimum absolute atomic E-state index is 0.0537. The number of amides is 2. The molecule has 9 heteroatoms. The summed E-state index contributed by atoms with van der Waals surface area (Å²) >= 11 is 0. The number of hydrogen-bond acceptors (Lipinski definition) is 6. The number of piperazine rings is 1. The normalized spacial score (nSPS) is 14.7. The number of ether oxygens (including phenoxy) is 1. The molecule has 9 nitrogen and oxygen atoms in total. The molecular weight excluding hydrogens is 412 g/mol. The van der Waals surface area contributed by atoms with Gasteiger partial charge in [0.05, 0.1) is 4.92 Å². The molecule has 1 aliphatic rings. The first-order chi connectivity index (χ1) is 15.4. The first-order valence-corrected chi connectivity index (χ1v) is 10.6. The fourth-order valence-electron chi connectivity index (χ4n) is 3.64. The molecule has 0 aliphatic carbocycles. The number of benzene rings is 2. The van der Waals surface area contributed by atoms with Gasteiger partial charge < -0.3 is 19.9 Å². The topological polar surface area (TPSA) is 105 Å². The van der Waals surface area contributed by atoms with E-state index in [1.54, 1.807) is 35.2 Å². The zero-order valence-corrected chi connectivity index (χ0v) is 18.3. The highest BCUT2D eigenvalue weighted by atomic mass is 16.6. The van der Waals surface area contributed by atoms with E-state index in [-0.39, 0.29) is 30.0 Å². The van der Waals surface area contributed by atoms with Crippen molar-refractivity contribution < 1.29 is 19.2 Å². The Hall–Kier alpha value is -3.62. The van der Waals surface area contributed by atoms with Crippen LogP contribution in [0.4, 0.5) is 11.4 Å². The second-order valence-electron chi connectivity index (χ2n) is 7.95. The third-order valence-electron chi connectivity index (χ3n) is 5.37.